The molecule has 22 heavy (non-hydrogen) atoms. The second-order valence-electron chi connectivity index (χ2n) is 5.15. The number of carbonyl (C=O) groups excluding carboxylic acids is 2. The highest BCUT2D eigenvalue weighted by atomic mass is 16.2. The summed E-state index contributed by atoms with van der Waals surface area (Å²) < 4.78 is 0. The van der Waals surface area contributed by atoms with Crippen LogP contribution in [0.15, 0.2) is 9.98 Å². The van der Waals surface area contributed by atoms with Crippen LogP contribution >= 0.6 is 0 Å². The lowest BCUT2D eigenvalue weighted by Crippen LogP contribution is -2.56. The van der Waals surface area contributed by atoms with Crippen LogP contribution in [-0.2, 0) is 9.59 Å². The average Bonchev–Trinajstić information content (AvgIpc) is 2.42. The number of nitrogens with two attached hydrogens (primary N) is 4. The van der Waals surface area contributed by atoms with Gasteiger partial charge in [0, 0.05) is 26.1 Å². The lowest BCUT2D eigenvalue weighted by Gasteiger charge is -2.29. The van der Waals surface area contributed by atoms with E-state index in [2.05, 4.69) is 15.3 Å². The maximum atomic E-state index is 12.1. The van der Waals surface area contributed by atoms with E-state index >= 15 is 0 Å². The van der Waals surface area contributed by atoms with Crippen molar-refractivity contribution in [2.45, 2.75) is 31.3 Å². The molecule has 0 aromatic heterocycles. The van der Waals surface area contributed by atoms with Crippen molar-refractivity contribution in [3.8, 4) is 0 Å². The van der Waals surface area contributed by atoms with Crippen LogP contribution in [-0.4, -0.2) is 60.9 Å². The zero-order chi connectivity index (χ0) is 16.7. The van der Waals surface area contributed by atoms with E-state index in [9.17, 15) is 9.59 Å². The van der Waals surface area contributed by atoms with Crippen molar-refractivity contribution in [2.75, 3.05) is 20.1 Å². The fraction of sp³-hybridized carbons (Fsp3) is 0.667. The summed E-state index contributed by atoms with van der Waals surface area (Å²) in [6, 6.07) is -0.974. The molecule has 0 aliphatic carbocycles. The van der Waals surface area contributed by atoms with Crippen molar-refractivity contribution in [1.29, 1.82) is 0 Å². The monoisotopic (exact) mass is 312 g/mol. The smallest absolute Gasteiger partial charge is 0.251 e. The molecule has 1 heterocycles. The Balaban J connectivity index is 2.40. The van der Waals surface area contributed by atoms with Crippen molar-refractivity contribution in [2.24, 2.45) is 32.9 Å². The molecule has 0 saturated heterocycles. The number of guanidine groups is 2. The Morgan fingerprint density at radius 3 is 2.82 bits per heavy atom. The highest BCUT2D eigenvalue weighted by molar-refractivity contribution is 6.01. The summed E-state index contributed by atoms with van der Waals surface area (Å²) in [6.45, 7) is 0.624. The lowest BCUT2D eigenvalue weighted by atomic mass is 10.1. The number of amides is 2. The molecular weight excluding hydrogens is 288 g/mol. The van der Waals surface area contributed by atoms with E-state index in [0.29, 0.717) is 19.4 Å². The minimum absolute atomic E-state index is 0.0347. The van der Waals surface area contributed by atoms with Crippen LogP contribution in [0.4, 0.5) is 0 Å². The third-order valence-electron chi connectivity index (χ3n) is 3.31. The molecule has 10 heteroatoms. The Bertz CT molecular complexity index is 472. The van der Waals surface area contributed by atoms with Gasteiger partial charge >= 0.3 is 0 Å². The molecule has 0 spiro atoms. The summed E-state index contributed by atoms with van der Waals surface area (Å²) in [5.74, 6) is -0.458. The van der Waals surface area contributed by atoms with Crippen LogP contribution in [0.5, 0.6) is 0 Å². The zero-order valence-corrected chi connectivity index (χ0v) is 12.7. The van der Waals surface area contributed by atoms with Gasteiger partial charge in [-0.15, -0.1) is 0 Å². The number of hydrogen-bond donors (Lipinski definition) is 5. The van der Waals surface area contributed by atoms with Crippen LogP contribution in [0.2, 0.25) is 0 Å². The minimum atomic E-state index is -0.659. The Morgan fingerprint density at radius 1 is 1.55 bits per heavy atom. The van der Waals surface area contributed by atoms with Crippen molar-refractivity contribution in [1.82, 2.24) is 10.2 Å². The molecule has 1 aliphatic rings. The van der Waals surface area contributed by atoms with Crippen LogP contribution < -0.4 is 28.3 Å². The summed E-state index contributed by atoms with van der Waals surface area (Å²) in [4.78, 5) is 33.0. The summed E-state index contributed by atoms with van der Waals surface area (Å²) in [5.41, 5.74) is 21.7. The Morgan fingerprint density at radius 2 is 2.23 bits per heavy atom. The van der Waals surface area contributed by atoms with E-state index < -0.39 is 6.04 Å². The number of nitrogens with zero attached hydrogens (tertiary/aromatic N) is 3. The number of nitrogens with one attached hydrogen (secondary N) is 1. The van der Waals surface area contributed by atoms with Crippen molar-refractivity contribution in [3.63, 3.8) is 0 Å². The van der Waals surface area contributed by atoms with Crippen molar-refractivity contribution >= 4 is 23.7 Å². The second-order valence-corrected chi connectivity index (χ2v) is 5.15. The summed E-state index contributed by atoms with van der Waals surface area (Å²) in [6.07, 6.45) is 1.43. The van der Waals surface area contributed by atoms with Gasteiger partial charge in [-0.25, -0.2) is 0 Å². The fourth-order valence-corrected chi connectivity index (χ4v) is 2.02. The molecule has 2 atom stereocenters. The largest absolute Gasteiger partial charge is 0.370 e. The molecule has 2 amide bonds. The first kappa shape index (κ1) is 17.7. The molecule has 9 N–H and O–H groups in total. The predicted molar refractivity (Wildman–Crippen MR) is 83.7 cm³/mol. The quantitative estimate of drug-likeness (QED) is 0.190. The Labute approximate surface area is 129 Å². The first-order valence-corrected chi connectivity index (χ1v) is 6.98. The molecule has 0 bridgehead atoms. The molecule has 0 aromatic carbocycles. The fourth-order valence-electron chi connectivity index (χ4n) is 2.02. The first-order chi connectivity index (χ1) is 10.3. The minimum Gasteiger partial charge on any atom is -0.370 e. The number of aliphatic imine (C=N–C) groups is 2. The number of hydrogen-bond acceptors (Lipinski definition) is 6. The van der Waals surface area contributed by atoms with Crippen molar-refractivity contribution < 1.29 is 9.59 Å². The highest BCUT2D eigenvalue weighted by Crippen LogP contribution is 2.07. The SMILES string of the molecule is CN(C(=O)C[C@@H](N)CCCN=C(N)N)[C@@H]1CN=C(N)NC1=O. The number of likely N-dealkylation sites (N-methyl/N-ethyl adjacent to an activating group) is 1. The van der Waals surface area contributed by atoms with Gasteiger partial charge in [0.2, 0.25) is 5.91 Å². The maximum Gasteiger partial charge on any atom is 0.251 e. The van der Waals surface area contributed by atoms with Gasteiger partial charge < -0.3 is 27.8 Å². The van der Waals surface area contributed by atoms with Crippen LogP contribution in [0, 0.1) is 0 Å². The molecule has 0 aromatic rings. The Kier molecular flexibility index (Phi) is 6.57. The van der Waals surface area contributed by atoms with Gasteiger partial charge in [0.15, 0.2) is 11.9 Å². The summed E-state index contributed by atoms with van der Waals surface area (Å²) >= 11 is 0. The highest BCUT2D eigenvalue weighted by Gasteiger charge is 2.30. The third kappa shape index (κ3) is 5.56. The van der Waals surface area contributed by atoms with E-state index in [0.717, 1.165) is 0 Å². The van der Waals surface area contributed by atoms with E-state index in [1.54, 1.807) is 7.05 Å². The topological polar surface area (TPSA) is 178 Å². The molecule has 1 aliphatic heterocycles. The lowest BCUT2D eigenvalue weighted by molar-refractivity contribution is -0.138. The van der Waals surface area contributed by atoms with Gasteiger partial charge in [-0.3, -0.25) is 24.9 Å². The van der Waals surface area contributed by atoms with E-state index in [1.807, 2.05) is 0 Å². The molecule has 0 unspecified atom stereocenters. The van der Waals surface area contributed by atoms with Gasteiger partial charge in [-0.2, -0.15) is 0 Å². The standard InChI is InChI=1S/C12H24N8O2/c1-20(8-6-18-12(16)19-10(8)22)9(21)5-7(13)3-2-4-17-11(14)15/h7-8H,2-6,13H2,1H3,(H4,14,15,17)(H3,16,18,19,22)/t7-,8+/m0/s1. The average molecular weight is 312 g/mol. The molecule has 1 rings (SSSR count). The normalized spacial score (nSPS) is 18.9. The number of rotatable bonds is 7. The number of carbonyl (C=O) groups is 2. The summed E-state index contributed by atoms with van der Waals surface area (Å²) in [7, 11) is 1.55. The maximum absolute atomic E-state index is 12.1. The molecule has 0 saturated carbocycles. The molecule has 0 fully saturated rings. The predicted octanol–water partition coefficient (Wildman–Crippen LogP) is -2.97. The van der Waals surface area contributed by atoms with Gasteiger partial charge in [0.25, 0.3) is 5.91 Å². The van der Waals surface area contributed by atoms with E-state index in [1.165, 1.54) is 4.90 Å². The van der Waals surface area contributed by atoms with Gasteiger partial charge in [0.1, 0.15) is 6.04 Å². The van der Waals surface area contributed by atoms with Gasteiger partial charge in [-0.05, 0) is 12.8 Å². The second kappa shape index (κ2) is 8.17. The van der Waals surface area contributed by atoms with Crippen LogP contribution in [0.3, 0.4) is 0 Å². The molecular formula is C12H24N8O2. The molecule has 0 radical (unpaired) electrons. The molecule has 124 valence electrons. The van der Waals surface area contributed by atoms with E-state index in [-0.39, 0.29) is 42.7 Å². The van der Waals surface area contributed by atoms with Crippen LogP contribution in [0.1, 0.15) is 19.3 Å². The van der Waals surface area contributed by atoms with Gasteiger partial charge in [0.05, 0.1) is 6.54 Å². The van der Waals surface area contributed by atoms with E-state index in [4.69, 9.17) is 22.9 Å². The summed E-state index contributed by atoms with van der Waals surface area (Å²) in [5, 5.41) is 2.40. The zero-order valence-electron chi connectivity index (χ0n) is 12.7. The third-order valence-corrected chi connectivity index (χ3v) is 3.31. The first-order valence-electron chi connectivity index (χ1n) is 6.98. The Hall–Kier alpha value is -2.36. The van der Waals surface area contributed by atoms with Gasteiger partial charge in [-0.1, -0.05) is 0 Å². The molecule has 10 nitrogen and oxygen atoms in total. The van der Waals surface area contributed by atoms with Crippen LogP contribution in [0.25, 0.3) is 0 Å². The van der Waals surface area contributed by atoms with Crippen molar-refractivity contribution in [3.05, 3.63) is 0 Å².